The van der Waals surface area contributed by atoms with Gasteiger partial charge in [-0.25, -0.2) is 9.97 Å². The summed E-state index contributed by atoms with van der Waals surface area (Å²) in [5.41, 5.74) is 3.53. The third kappa shape index (κ3) is 2.68. The van der Waals surface area contributed by atoms with Crippen molar-refractivity contribution in [1.82, 2.24) is 25.1 Å². The molecule has 1 N–H and O–H groups in total. The van der Waals surface area contributed by atoms with Crippen LogP contribution in [-0.2, 0) is 20.1 Å². The molecule has 0 aromatic carbocycles. The molecule has 0 atom stereocenters. The van der Waals surface area contributed by atoms with Crippen LogP contribution in [0.25, 0.3) is 0 Å². The maximum Gasteiger partial charge on any atom is 0.141 e. The third-order valence-electron chi connectivity index (χ3n) is 2.86. The molecule has 5 nitrogen and oxygen atoms in total. The molecule has 2 aromatic heterocycles. The van der Waals surface area contributed by atoms with Crippen molar-refractivity contribution in [1.29, 1.82) is 0 Å². The SMILES string of the molecule is Cc1nn(C)c(C)c1CNCc1ncccn1. The summed E-state index contributed by atoms with van der Waals surface area (Å²) in [7, 11) is 1.96. The normalized spacial score (nSPS) is 10.8. The third-order valence-corrected chi connectivity index (χ3v) is 2.86. The molecule has 0 fully saturated rings. The van der Waals surface area contributed by atoms with Gasteiger partial charge >= 0.3 is 0 Å². The van der Waals surface area contributed by atoms with Gasteiger partial charge in [0, 0.05) is 37.2 Å². The fraction of sp³-hybridized carbons (Fsp3) is 0.417. The van der Waals surface area contributed by atoms with Crippen LogP contribution in [0.15, 0.2) is 18.5 Å². The highest BCUT2D eigenvalue weighted by molar-refractivity contribution is 5.23. The molecule has 2 rings (SSSR count). The smallest absolute Gasteiger partial charge is 0.141 e. The van der Waals surface area contributed by atoms with Gasteiger partial charge in [0.1, 0.15) is 5.82 Å². The molecule has 17 heavy (non-hydrogen) atoms. The van der Waals surface area contributed by atoms with Gasteiger partial charge in [0.2, 0.25) is 0 Å². The van der Waals surface area contributed by atoms with Gasteiger partial charge in [-0.3, -0.25) is 4.68 Å². The monoisotopic (exact) mass is 231 g/mol. The molecule has 0 bridgehead atoms. The lowest BCUT2D eigenvalue weighted by molar-refractivity contribution is 0.656. The van der Waals surface area contributed by atoms with Crippen LogP contribution in [-0.4, -0.2) is 19.7 Å². The first kappa shape index (κ1) is 11.7. The Morgan fingerprint density at radius 3 is 2.47 bits per heavy atom. The van der Waals surface area contributed by atoms with E-state index in [2.05, 4.69) is 27.3 Å². The van der Waals surface area contributed by atoms with Gasteiger partial charge in [0.05, 0.1) is 12.2 Å². The summed E-state index contributed by atoms with van der Waals surface area (Å²) in [6.45, 7) is 5.58. The zero-order chi connectivity index (χ0) is 12.3. The van der Waals surface area contributed by atoms with Gasteiger partial charge in [-0.2, -0.15) is 5.10 Å². The number of aryl methyl sites for hydroxylation is 2. The summed E-state index contributed by atoms with van der Waals surface area (Å²) in [6.07, 6.45) is 3.51. The van der Waals surface area contributed by atoms with Crippen LogP contribution < -0.4 is 5.32 Å². The summed E-state index contributed by atoms with van der Waals surface area (Å²) in [6, 6.07) is 1.82. The van der Waals surface area contributed by atoms with Gasteiger partial charge in [0.15, 0.2) is 0 Å². The fourth-order valence-corrected chi connectivity index (χ4v) is 1.79. The average molecular weight is 231 g/mol. The van der Waals surface area contributed by atoms with Crippen LogP contribution in [0.3, 0.4) is 0 Å². The topological polar surface area (TPSA) is 55.6 Å². The number of rotatable bonds is 4. The standard InChI is InChI=1S/C12H17N5/c1-9-11(10(2)17(3)16-9)7-13-8-12-14-5-4-6-15-12/h4-6,13H,7-8H2,1-3H3. The molecule has 0 aliphatic carbocycles. The van der Waals surface area contributed by atoms with Gasteiger partial charge in [-0.05, 0) is 19.9 Å². The van der Waals surface area contributed by atoms with E-state index in [1.54, 1.807) is 12.4 Å². The van der Waals surface area contributed by atoms with Gasteiger partial charge in [-0.15, -0.1) is 0 Å². The molecule has 5 heteroatoms. The maximum atomic E-state index is 4.38. The Morgan fingerprint density at radius 1 is 1.18 bits per heavy atom. The van der Waals surface area contributed by atoms with Crippen LogP contribution in [0, 0.1) is 13.8 Å². The summed E-state index contributed by atoms with van der Waals surface area (Å²) in [5, 5.41) is 7.72. The molecule has 0 saturated heterocycles. The second-order valence-corrected chi connectivity index (χ2v) is 4.04. The van der Waals surface area contributed by atoms with E-state index in [1.165, 1.54) is 11.3 Å². The van der Waals surface area contributed by atoms with Crippen LogP contribution in [0.5, 0.6) is 0 Å². The van der Waals surface area contributed by atoms with Crippen molar-refractivity contribution in [3.63, 3.8) is 0 Å². The van der Waals surface area contributed by atoms with E-state index < -0.39 is 0 Å². The Balaban J connectivity index is 1.95. The van der Waals surface area contributed by atoms with Crippen LogP contribution >= 0.6 is 0 Å². The molecule has 0 aliphatic rings. The number of nitrogens with zero attached hydrogens (tertiary/aromatic N) is 4. The Morgan fingerprint density at radius 2 is 1.88 bits per heavy atom. The molecule has 0 unspecified atom stereocenters. The lowest BCUT2D eigenvalue weighted by atomic mass is 10.2. The number of hydrogen-bond acceptors (Lipinski definition) is 4. The summed E-state index contributed by atoms with van der Waals surface area (Å²) < 4.78 is 1.91. The van der Waals surface area contributed by atoms with E-state index >= 15 is 0 Å². The van der Waals surface area contributed by atoms with E-state index in [0.29, 0.717) is 6.54 Å². The van der Waals surface area contributed by atoms with E-state index in [9.17, 15) is 0 Å². The second-order valence-electron chi connectivity index (χ2n) is 4.04. The van der Waals surface area contributed by atoms with Crippen LogP contribution in [0.1, 0.15) is 22.8 Å². The van der Waals surface area contributed by atoms with Crippen molar-refractivity contribution in [2.45, 2.75) is 26.9 Å². The van der Waals surface area contributed by atoms with Crippen LogP contribution in [0.2, 0.25) is 0 Å². The summed E-state index contributed by atoms with van der Waals surface area (Å²) in [5.74, 6) is 0.812. The number of hydrogen-bond donors (Lipinski definition) is 1. The van der Waals surface area contributed by atoms with E-state index in [4.69, 9.17) is 0 Å². The largest absolute Gasteiger partial charge is 0.306 e. The number of aromatic nitrogens is 4. The van der Waals surface area contributed by atoms with Crippen molar-refractivity contribution in [2.75, 3.05) is 0 Å². The minimum Gasteiger partial charge on any atom is -0.306 e. The Hall–Kier alpha value is -1.75. The second kappa shape index (κ2) is 5.05. The molecule has 2 heterocycles. The molecule has 2 aromatic rings. The Labute approximate surface area is 101 Å². The van der Waals surface area contributed by atoms with Crippen molar-refractivity contribution >= 4 is 0 Å². The predicted molar refractivity (Wildman–Crippen MR) is 65.3 cm³/mol. The highest BCUT2D eigenvalue weighted by Gasteiger charge is 2.08. The molecule has 0 saturated carbocycles. The minimum atomic E-state index is 0.675. The highest BCUT2D eigenvalue weighted by atomic mass is 15.3. The zero-order valence-corrected chi connectivity index (χ0v) is 10.4. The van der Waals surface area contributed by atoms with Crippen molar-refractivity contribution in [2.24, 2.45) is 7.05 Å². The molecule has 0 aliphatic heterocycles. The van der Waals surface area contributed by atoms with Crippen molar-refractivity contribution < 1.29 is 0 Å². The van der Waals surface area contributed by atoms with E-state index in [-0.39, 0.29) is 0 Å². The first-order valence-electron chi connectivity index (χ1n) is 5.64. The molecular formula is C12H17N5. The summed E-state index contributed by atoms with van der Waals surface area (Å²) >= 11 is 0. The van der Waals surface area contributed by atoms with E-state index in [0.717, 1.165) is 18.1 Å². The zero-order valence-electron chi connectivity index (χ0n) is 10.4. The molecule has 0 spiro atoms. The minimum absolute atomic E-state index is 0.675. The van der Waals surface area contributed by atoms with Crippen LogP contribution in [0.4, 0.5) is 0 Å². The Kier molecular flexibility index (Phi) is 3.49. The Bertz CT molecular complexity index is 489. The average Bonchev–Trinajstić information content (AvgIpc) is 2.57. The van der Waals surface area contributed by atoms with Crippen molar-refractivity contribution in [3.05, 3.63) is 41.2 Å². The van der Waals surface area contributed by atoms with Gasteiger partial charge in [-0.1, -0.05) is 0 Å². The summed E-state index contributed by atoms with van der Waals surface area (Å²) in [4.78, 5) is 8.33. The maximum absolute atomic E-state index is 4.38. The lowest BCUT2D eigenvalue weighted by Crippen LogP contribution is -2.15. The molecule has 90 valence electrons. The fourth-order valence-electron chi connectivity index (χ4n) is 1.79. The molecule has 0 amide bonds. The molecule has 0 radical (unpaired) electrons. The first-order chi connectivity index (χ1) is 8.18. The predicted octanol–water partition coefficient (Wildman–Crippen LogP) is 1.12. The first-order valence-corrected chi connectivity index (χ1v) is 5.64. The number of nitrogens with one attached hydrogen (secondary N) is 1. The highest BCUT2D eigenvalue weighted by Crippen LogP contribution is 2.11. The van der Waals surface area contributed by atoms with E-state index in [1.807, 2.05) is 24.7 Å². The quantitative estimate of drug-likeness (QED) is 0.856. The van der Waals surface area contributed by atoms with Gasteiger partial charge < -0.3 is 5.32 Å². The van der Waals surface area contributed by atoms with Gasteiger partial charge in [0.25, 0.3) is 0 Å². The van der Waals surface area contributed by atoms with Crippen molar-refractivity contribution in [3.8, 4) is 0 Å². The lowest BCUT2D eigenvalue weighted by Gasteiger charge is -2.04. The molecular weight excluding hydrogens is 214 g/mol.